The Labute approximate surface area is 124 Å². The Morgan fingerprint density at radius 1 is 1.24 bits per heavy atom. The second-order valence-electron chi connectivity index (χ2n) is 5.51. The van der Waals surface area contributed by atoms with E-state index in [-0.39, 0.29) is 18.6 Å². The predicted molar refractivity (Wildman–Crippen MR) is 83.2 cm³/mol. The number of nitrogens with one attached hydrogen (secondary N) is 1. The van der Waals surface area contributed by atoms with Crippen molar-refractivity contribution in [3.8, 4) is 5.75 Å². The fourth-order valence-corrected chi connectivity index (χ4v) is 2.58. The molecule has 2 aromatic carbocycles. The Bertz CT molecular complexity index is 632. The Morgan fingerprint density at radius 3 is 2.76 bits per heavy atom. The first kappa shape index (κ1) is 13.9. The molecule has 0 bridgehead atoms. The number of fused-ring (bicyclic) bond motifs is 1. The lowest BCUT2D eigenvalue weighted by Crippen LogP contribution is -2.43. The minimum atomic E-state index is -0.106. The van der Waals surface area contributed by atoms with Gasteiger partial charge in [-0.25, -0.2) is 0 Å². The average Bonchev–Trinajstić information content (AvgIpc) is 3.35. The molecular formula is C17H20N2O2. The van der Waals surface area contributed by atoms with Gasteiger partial charge in [-0.1, -0.05) is 36.4 Å². The van der Waals surface area contributed by atoms with Crippen LogP contribution in [0.5, 0.6) is 5.75 Å². The molecule has 1 atom stereocenters. The van der Waals surface area contributed by atoms with Gasteiger partial charge in [-0.05, 0) is 30.2 Å². The fourth-order valence-electron chi connectivity index (χ4n) is 2.58. The molecule has 4 heteroatoms. The summed E-state index contributed by atoms with van der Waals surface area (Å²) in [5, 5.41) is 5.08. The molecule has 0 saturated heterocycles. The van der Waals surface area contributed by atoms with Crippen molar-refractivity contribution < 1.29 is 9.53 Å². The summed E-state index contributed by atoms with van der Waals surface area (Å²) in [7, 11) is 0. The van der Waals surface area contributed by atoms with Gasteiger partial charge in [0.15, 0.2) is 6.61 Å². The number of carbonyl (C=O) groups is 1. The standard InChI is InChI=1S/C17H20N2O2/c18-10-15(13-8-9-13)19-17(20)11-21-16-7-3-5-12-4-1-2-6-14(12)16/h1-7,13,15H,8-11,18H2,(H,19,20). The maximum Gasteiger partial charge on any atom is 0.258 e. The highest BCUT2D eigenvalue weighted by Gasteiger charge is 2.31. The number of amides is 1. The topological polar surface area (TPSA) is 64.3 Å². The summed E-state index contributed by atoms with van der Waals surface area (Å²) >= 11 is 0. The van der Waals surface area contributed by atoms with Gasteiger partial charge in [0.25, 0.3) is 5.91 Å². The van der Waals surface area contributed by atoms with E-state index in [1.54, 1.807) is 0 Å². The van der Waals surface area contributed by atoms with Gasteiger partial charge >= 0.3 is 0 Å². The molecule has 2 aromatic rings. The van der Waals surface area contributed by atoms with Crippen LogP contribution in [0, 0.1) is 5.92 Å². The largest absolute Gasteiger partial charge is 0.483 e. The lowest BCUT2D eigenvalue weighted by Gasteiger charge is -2.16. The summed E-state index contributed by atoms with van der Waals surface area (Å²) in [5.41, 5.74) is 5.69. The molecule has 1 unspecified atom stereocenters. The Balaban J connectivity index is 1.62. The molecule has 1 amide bonds. The molecule has 0 aromatic heterocycles. The summed E-state index contributed by atoms with van der Waals surface area (Å²) in [5.74, 6) is 1.18. The second-order valence-corrected chi connectivity index (χ2v) is 5.51. The highest BCUT2D eigenvalue weighted by atomic mass is 16.5. The van der Waals surface area contributed by atoms with Crippen molar-refractivity contribution in [1.82, 2.24) is 5.32 Å². The molecule has 1 saturated carbocycles. The van der Waals surface area contributed by atoms with Gasteiger partial charge in [0.2, 0.25) is 0 Å². The van der Waals surface area contributed by atoms with Gasteiger partial charge in [-0.3, -0.25) is 4.79 Å². The molecule has 1 fully saturated rings. The summed E-state index contributed by atoms with van der Waals surface area (Å²) in [6.07, 6.45) is 2.32. The Hall–Kier alpha value is -2.07. The Morgan fingerprint density at radius 2 is 2.00 bits per heavy atom. The van der Waals surface area contributed by atoms with Crippen LogP contribution < -0.4 is 15.8 Å². The van der Waals surface area contributed by atoms with E-state index in [1.807, 2.05) is 42.5 Å². The zero-order valence-electron chi connectivity index (χ0n) is 11.9. The first-order chi connectivity index (χ1) is 10.3. The van der Waals surface area contributed by atoms with E-state index >= 15 is 0 Å². The lowest BCUT2D eigenvalue weighted by atomic mass is 10.1. The zero-order valence-corrected chi connectivity index (χ0v) is 11.9. The SMILES string of the molecule is NCC(NC(=O)COc1cccc2ccccc12)C1CC1. The third-order valence-electron chi connectivity index (χ3n) is 3.90. The minimum absolute atomic E-state index is 0.0250. The number of hydrogen-bond acceptors (Lipinski definition) is 3. The van der Waals surface area contributed by atoms with Crippen LogP contribution in [0.3, 0.4) is 0 Å². The van der Waals surface area contributed by atoms with Crippen molar-refractivity contribution in [1.29, 1.82) is 0 Å². The fraction of sp³-hybridized carbons (Fsp3) is 0.353. The molecule has 110 valence electrons. The number of carbonyl (C=O) groups excluding carboxylic acids is 1. The summed E-state index contributed by atoms with van der Waals surface area (Å²) in [4.78, 5) is 12.0. The van der Waals surface area contributed by atoms with Crippen molar-refractivity contribution in [2.24, 2.45) is 11.7 Å². The smallest absolute Gasteiger partial charge is 0.258 e. The number of rotatable bonds is 6. The normalized spacial score (nSPS) is 15.7. The van der Waals surface area contributed by atoms with Gasteiger partial charge < -0.3 is 15.8 Å². The number of hydrogen-bond donors (Lipinski definition) is 2. The molecule has 21 heavy (non-hydrogen) atoms. The number of benzene rings is 2. The summed E-state index contributed by atoms with van der Waals surface area (Å²) in [6.45, 7) is 0.516. The molecule has 1 aliphatic carbocycles. The van der Waals surface area contributed by atoms with Crippen LogP contribution in [0.25, 0.3) is 10.8 Å². The molecule has 0 radical (unpaired) electrons. The van der Waals surface area contributed by atoms with Crippen molar-refractivity contribution in [3.05, 3.63) is 42.5 Å². The maximum absolute atomic E-state index is 12.0. The summed E-state index contributed by atoms with van der Waals surface area (Å²) in [6, 6.07) is 13.9. The van der Waals surface area contributed by atoms with E-state index in [2.05, 4.69) is 5.32 Å². The minimum Gasteiger partial charge on any atom is -0.483 e. The number of ether oxygens (including phenoxy) is 1. The average molecular weight is 284 g/mol. The molecule has 3 rings (SSSR count). The van der Waals surface area contributed by atoms with E-state index in [9.17, 15) is 4.79 Å². The quantitative estimate of drug-likeness (QED) is 0.853. The van der Waals surface area contributed by atoms with Crippen molar-refractivity contribution in [2.75, 3.05) is 13.2 Å². The van der Waals surface area contributed by atoms with Gasteiger partial charge in [0.05, 0.1) is 0 Å². The van der Waals surface area contributed by atoms with E-state index in [0.717, 1.165) is 29.4 Å². The molecule has 3 N–H and O–H groups in total. The van der Waals surface area contributed by atoms with E-state index in [0.29, 0.717) is 12.5 Å². The molecule has 1 aliphatic rings. The molecule has 0 aliphatic heterocycles. The first-order valence-corrected chi connectivity index (χ1v) is 7.38. The third-order valence-corrected chi connectivity index (χ3v) is 3.90. The van der Waals surface area contributed by atoms with Crippen LogP contribution in [-0.4, -0.2) is 25.1 Å². The lowest BCUT2D eigenvalue weighted by molar-refractivity contribution is -0.123. The molecule has 4 nitrogen and oxygen atoms in total. The number of nitrogens with two attached hydrogens (primary N) is 1. The predicted octanol–water partition coefficient (Wildman–Crippen LogP) is 2.07. The monoisotopic (exact) mass is 284 g/mol. The van der Waals surface area contributed by atoms with Crippen molar-refractivity contribution in [2.45, 2.75) is 18.9 Å². The van der Waals surface area contributed by atoms with Gasteiger partial charge in [-0.2, -0.15) is 0 Å². The van der Waals surface area contributed by atoms with E-state index < -0.39 is 0 Å². The molecule has 0 spiro atoms. The summed E-state index contributed by atoms with van der Waals surface area (Å²) < 4.78 is 5.67. The van der Waals surface area contributed by atoms with Crippen molar-refractivity contribution >= 4 is 16.7 Å². The Kier molecular flexibility index (Phi) is 4.06. The van der Waals surface area contributed by atoms with Crippen LogP contribution in [0.2, 0.25) is 0 Å². The highest BCUT2D eigenvalue weighted by Crippen LogP contribution is 2.32. The van der Waals surface area contributed by atoms with Crippen LogP contribution in [-0.2, 0) is 4.79 Å². The van der Waals surface area contributed by atoms with E-state index in [4.69, 9.17) is 10.5 Å². The van der Waals surface area contributed by atoms with Gasteiger partial charge in [0.1, 0.15) is 5.75 Å². The first-order valence-electron chi connectivity index (χ1n) is 7.38. The zero-order chi connectivity index (χ0) is 14.7. The van der Waals surface area contributed by atoms with Gasteiger partial charge in [0, 0.05) is 18.0 Å². The highest BCUT2D eigenvalue weighted by molar-refractivity contribution is 5.88. The maximum atomic E-state index is 12.0. The van der Waals surface area contributed by atoms with Crippen LogP contribution >= 0.6 is 0 Å². The van der Waals surface area contributed by atoms with Crippen LogP contribution in [0.1, 0.15) is 12.8 Å². The van der Waals surface area contributed by atoms with Gasteiger partial charge in [-0.15, -0.1) is 0 Å². The van der Waals surface area contributed by atoms with Crippen molar-refractivity contribution in [3.63, 3.8) is 0 Å². The molecule has 0 heterocycles. The van der Waals surface area contributed by atoms with E-state index in [1.165, 1.54) is 0 Å². The van der Waals surface area contributed by atoms with Crippen LogP contribution in [0.4, 0.5) is 0 Å². The third kappa shape index (κ3) is 3.34. The second kappa shape index (κ2) is 6.14. The molecular weight excluding hydrogens is 264 g/mol. The van der Waals surface area contributed by atoms with Crippen LogP contribution in [0.15, 0.2) is 42.5 Å².